The second-order valence-electron chi connectivity index (χ2n) is 31.0. The Bertz CT molecular complexity index is 3150. The van der Waals surface area contributed by atoms with Gasteiger partial charge in [0.05, 0.1) is 18.4 Å². The van der Waals surface area contributed by atoms with E-state index < -0.39 is 107 Å². The molecule has 2 aliphatic heterocycles. The molecule has 9 amide bonds. The first kappa shape index (κ1) is 83.2. The smallest absolute Gasteiger partial charge is 0.326 e. The fourth-order valence-corrected chi connectivity index (χ4v) is 15.1. The minimum absolute atomic E-state index is 0. The Labute approximate surface area is 595 Å². The minimum Gasteiger partial charge on any atom is -1.00 e. The van der Waals surface area contributed by atoms with E-state index in [1.807, 2.05) is 69.2 Å². The molecule has 8 rings (SSSR count). The lowest BCUT2D eigenvalue weighted by molar-refractivity contribution is -0.434. The number of carboxylic acid groups (broad SMARTS) is 1. The number of piperidine rings is 2. The molecule has 4 heterocycles. The lowest BCUT2D eigenvalue weighted by atomic mass is 9.82. The van der Waals surface area contributed by atoms with Crippen LogP contribution in [0.1, 0.15) is 194 Å². The molecule has 28 heteroatoms. The van der Waals surface area contributed by atoms with Crippen molar-refractivity contribution >= 4 is 59.1 Å². The van der Waals surface area contributed by atoms with Crippen molar-refractivity contribution in [2.75, 3.05) is 26.2 Å². The number of carbonyl (C=O) groups is 10. The monoisotopic (exact) mass is 1420 g/mol. The SMILES string of the molecule is C=CCNC(=O)C(O)C(CCC)NC(=O)[C@@H]1[C@@H]2[C@H](CN1C(=O)[C@@H](NC(=O)[C@@H](NC(=O)c1cnccn1)C1CCCCC1)C(C)(C)C)C2(C)C.C=CCNC(=O)C(O)C([NH3+])CCC.CC(C)(C)[C@H](NC(=O)[C@@H](NC(=O)c1cnccn1)C1CCCCC1)C(=O)N1C[C@H]2[C@@H]([C@H]1C(=O)O)C2(C)C.[Cl-]. The molecule has 0 spiro atoms. The lowest BCUT2D eigenvalue weighted by Gasteiger charge is -2.39. The summed E-state index contributed by atoms with van der Waals surface area (Å²) in [6, 6.07) is -6.50. The molecule has 6 aliphatic rings. The van der Waals surface area contributed by atoms with Crippen molar-refractivity contribution in [2.24, 2.45) is 57.2 Å². The molecule has 27 nitrogen and oxygen atoms in total. The zero-order valence-corrected chi connectivity index (χ0v) is 61.4. The Balaban J connectivity index is 0.000000311. The zero-order valence-electron chi connectivity index (χ0n) is 60.7. The Morgan fingerprint density at radius 3 is 1.33 bits per heavy atom. The largest absolute Gasteiger partial charge is 1.00 e. The summed E-state index contributed by atoms with van der Waals surface area (Å²) in [5.41, 5.74) is 2.21. The number of hydrogen-bond donors (Lipinski definition) is 11. The highest BCUT2D eigenvalue weighted by Gasteiger charge is 2.71. The van der Waals surface area contributed by atoms with Gasteiger partial charge in [0.1, 0.15) is 53.7 Å². The van der Waals surface area contributed by atoms with Crippen molar-refractivity contribution in [3.63, 3.8) is 0 Å². The summed E-state index contributed by atoms with van der Waals surface area (Å²) in [6.45, 7) is 31.5. The van der Waals surface area contributed by atoms with E-state index in [1.54, 1.807) is 11.0 Å². The van der Waals surface area contributed by atoms with Crippen molar-refractivity contribution in [1.29, 1.82) is 0 Å². The first-order chi connectivity index (χ1) is 46.6. The first-order valence-electron chi connectivity index (χ1n) is 35.4. The van der Waals surface area contributed by atoms with Gasteiger partial charge in [-0.3, -0.25) is 53.1 Å². The van der Waals surface area contributed by atoms with E-state index in [0.717, 1.165) is 77.0 Å². The van der Waals surface area contributed by atoms with E-state index in [2.05, 4.69) is 89.9 Å². The van der Waals surface area contributed by atoms with Crippen LogP contribution < -0.4 is 55.4 Å². The van der Waals surface area contributed by atoms with Gasteiger partial charge >= 0.3 is 5.97 Å². The van der Waals surface area contributed by atoms with Gasteiger partial charge in [0, 0.05) is 63.3 Å². The third-order valence-electron chi connectivity index (χ3n) is 21.1. The molecule has 556 valence electrons. The maximum absolute atomic E-state index is 14.5. The summed E-state index contributed by atoms with van der Waals surface area (Å²) in [5, 5.41) is 49.9. The van der Waals surface area contributed by atoms with Crippen LogP contribution in [0.3, 0.4) is 0 Å². The van der Waals surface area contributed by atoms with E-state index in [-0.39, 0.29) is 100 Å². The highest BCUT2D eigenvalue weighted by atomic mass is 35.5. The predicted molar refractivity (Wildman–Crippen MR) is 370 cm³/mol. The number of aliphatic hydroxyl groups is 2. The number of rotatable bonds is 27. The van der Waals surface area contributed by atoms with Crippen molar-refractivity contribution in [3.05, 3.63) is 73.9 Å². The van der Waals surface area contributed by atoms with E-state index >= 15 is 0 Å². The summed E-state index contributed by atoms with van der Waals surface area (Å²) in [4.78, 5) is 151. The van der Waals surface area contributed by atoms with Crippen LogP contribution in [0.5, 0.6) is 0 Å². The Kier molecular flexibility index (Phi) is 30.3. The number of carboxylic acids is 1. The fourth-order valence-electron chi connectivity index (χ4n) is 15.1. The van der Waals surface area contributed by atoms with Crippen molar-refractivity contribution in [1.82, 2.24) is 67.0 Å². The van der Waals surface area contributed by atoms with Gasteiger partial charge in [-0.05, 0) is 83.4 Å². The quantitative estimate of drug-likeness (QED) is 0.0541. The summed E-state index contributed by atoms with van der Waals surface area (Å²) >= 11 is 0. The van der Waals surface area contributed by atoms with Gasteiger partial charge in [-0.15, -0.1) is 13.2 Å². The summed E-state index contributed by atoms with van der Waals surface area (Å²) in [5.74, 6) is -5.30. The molecule has 100 heavy (non-hydrogen) atoms. The van der Waals surface area contributed by atoms with Gasteiger partial charge in [-0.1, -0.05) is 147 Å². The summed E-state index contributed by atoms with van der Waals surface area (Å²) in [6.07, 6.45) is 20.7. The second kappa shape index (κ2) is 36.4. The van der Waals surface area contributed by atoms with Crippen molar-refractivity contribution in [2.45, 2.75) is 234 Å². The molecule has 2 aromatic rings. The van der Waals surface area contributed by atoms with Gasteiger partial charge in [0.2, 0.25) is 29.5 Å². The Morgan fingerprint density at radius 1 is 0.580 bits per heavy atom. The topological polar surface area (TPSA) is 401 Å². The fraction of sp³-hybridized carbons (Fsp3) is 0.694. The number of fused-ring (bicyclic) bond motifs is 2. The number of halogens is 1. The third kappa shape index (κ3) is 20.8. The average Bonchev–Trinajstić information content (AvgIpc) is 1.53. The number of quaternary nitrogens is 1. The van der Waals surface area contributed by atoms with Crippen LogP contribution in [0, 0.1) is 57.2 Å². The molecule has 13 N–H and O–H groups in total. The highest BCUT2D eigenvalue weighted by Crippen LogP contribution is 2.66. The average molecular weight is 1420 g/mol. The number of aliphatic hydroxyl groups excluding tert-OH is 2. The zero-order chi connectivity index (χ0) is 73.5. The number of carbonyl (C=O) groups excluding carboxylic acids is 9. The number of aromatic nitrogens is 4. The molecule has 2 aromatic heterocycles. The van der Waals surface area contributed by atoms with Crippen molar-refractivity contribution < 1.29 is 81.4 Å². The first-order valence-corrected chi connectivity index (χ1v) is 35.4. The number of amides is 9. The normalized spacial score (nSPS) is 23.5. The van der Waals surface area contributed by atoms with Crippen LogP contribution in [0.4, 0.5) is 0 Å². The molecule has 0 aromatic carbocycles. The molecule has 0 bridgehead atoms. The molecule has 2 saturated heterocycles. The second-order valence-corrected chi connectivity index (χ2v) is 31.0. The minimum atomic E-state index is -1.48. The Morgan fingerprint density at radius 2 is 0.970 bits per heavy atom. The molecule has 0 radical (unpaired) electrons. The molecule has 4 unspecified atom stereocenters. The maximum atomic E-state index is 14.5. The maximum Gasteiger partial charge on any atom is 0.326 e. The van der Waals surface area contributed by atoms with Crippen molar-refractivity contribution in [3.8, 4) is 0 Å². The molecular weight excluding hydrogens is 1300 g/mol. The molecule has 14 atom stereocenters. The highest BCUT2D eigenvalue weighted by molar-refractivity contribution is 6.00. The number of nitrogens with zero attached hydrogens (tertiary/aromatic N) is 6. The molecular formula is C72H113ClN14O13. The predicted octanol–water partition coefficient (Wildman–Crippen LogP) is 0.435. The number of hydrogen-bond acceptors (Lipinski definition) is 16. The molecule has 4 saturated carbocycles. The van der Waals surface area contributed by atoms with Crippen LogP contribution in [0.15, 0.2) is 62.5 Å². The van der Waals surface area contributed by atoms with Crippen LogP contribution in [0.2, 0.25) is 0 Å². The lowest BCUT2D eigenvalue weighted by Crippen LogP contribution is -3.00. The summed E-state index contributed by atoms with van der Waals surface area (Å²) < 4.78 is 0. The van der Waals surface area contributed by atoms with Crippen LogP contribution in [-0.2, 0) is 38.4 Å². The standard InChI is InChI=1S/C36H55N7O6.C27H39N5O5.C9H18N2O2.ClH/c1-8-13-23(28(44)33(48)39-16-9-2)40-32(47)27-25-22(36(25,6)7)20-43(27)34(49)29(35(3,4)5)42-31(46)26(21-14-11-10-12-15-21)41-30(45)24-19-37-17-18-38-24;1-26(2,3)21(24(35)32-14-16-18(27(16,4)5)20(32)25(36)37)31-23(34)19(15-9-7-6-8-10-15)30-22(33)17-13-28-11-12-29-17;1-3-5-7(10)8(12)9(13)11-6-4-2;/h9,17-19,21-23,25-29,44H,2,8,10-16,20H2,1,3-7H3,(H,39,48)(H,40,47)(H,41,45)(H,42,46);11-13,15-16,18-21H,6-10,14H2,1-5H3,(H,30,33)(H,31,34)(H,36,37);4,7-8,12H,2-3,5-6,10H2,1H3,(H,11,13);1H/t22-,23?,25-,26-,27-,28?,29+;16-,18-,19-,20-,21+;;/m00../s1. The van der Waals surface area contributed by atoms with Crippen LogP contribution in [0.25, 0.3) is 0 Å². The third-order valence-corrected chi connectivity index (χ3v) is 21.1. The van der Waals surface area contributed by atoms with E-state index in [4.69, 9.17) is 0 Å². The van der Waals surface area contributed by atoms with Gasteiger partial charge in [0.15, 0.2) is 12.2 Å². The Hall–Kier alpha value is -7.49. The molecule has 4 aliphatic carbocycles. The van der Waals surface area contributed by atoms with E-state index in [1.165, 1.54) is 48.2 Å². The van der Waals surface area contributed by atoms with Gasteiger partial charge in [-0.2, -0.15) is 0 Å². The van der Waals surface area contributed by atoms with E-state index in [9.17, 15) is 63.3 Å². The number of nitrogens with one attached hydrogen (secondary N) is 7. The number of aliphatic carboxylic acids is 1. The van der Waals surface area contributed by atoms with Gasteiger partial charge in [0.25, 0.3) is 23.6 Å². The van der Waals surface area contributed by atoms with E-state index in [0.29, 0.717) is 32.5 Å². The number of likely N-dealkylation sites (tertiary alicyclic amines) is 2. The summed E-state index contributed by atoms with van der Waals surface area (Å²) in [7, 11) is 0. The van der Waals surface area contributed by atoms with Gasteiger partial charge in [-0.25, -0.2) is 14.8 Å². The van der Waals surface area contributed by atoms with Gasteiger partial charge < -0.3 is 80.5 Å². The molecule has 6 fully saturated rings. The van der Waals surface area contributed by atoms with Crippen LogP contribution in [-0.4, -0.2) is 191 Å². The van der Waals surface area contributed by atoms with Crippen LogP contribution >= 0.6 is 0 Å².